The maximum atomic E-state index is 13.3. The van der Waals surface area contributed by atoms with Gasteiger partial charge in [0.05, 0.1) is 26.4 Å². The molecule has 0 saturated carbocycles. The summed E-state index contributed by atoms with van der Waals surface area (Å²) in [6.45, 7) is 1.56. The Labute approximate surface area is 172 Å². The second kappa shape index (κ2) is 8.36. The lowest BCUT2D eigenvalue weighted by atomic mass is 10.3. The Kier molecular flexibility index (Phi) is 6.32. The van der Waals surface area contributed by atoms with Crippen molar-refractivity contribution in [1.29, 1.82) is 0 Å². The van der Waals surface area contributed by atoms with Crippen molar-refractivity contribution in [1.82, 2.24) is 9.29 Å². The maximum absolute atomic E-state index is 13.3. The maximum Gasteiger partial charge on any atom is 0.301 e. The van der Waals surface area contributed by atoms with Crippen molar-refractivity contribution in [2.75, 3.05) is 35.8 Å². The summed E-state index contributed by atoms with van der Waals surface area (Å²) in [5.74, 6) is -0.615. The number of hydrogen-bond acceptors (Lipinski definition) is 4. The first kappa shape index (κ1) is 20.4. The third-order valence-electron chi connectivity index (χ3n) is 4.11. The average Bonchev–Trinajstić information content (AvgIpc) is 2.85. The highest BCUT2D eigenvalue weighted by Crippen LogP contribution is 2.33. The summed E-state index contributed by atoms with van der Waals surface area (Å²) in [5, 5.41) is 0.676. The molecule has 0 bridgehead atoms. The Bertz CT molecular complexity index is 925. The molecule has 27 heavy (non-hydrogen) atoms. The van der Waals surface area contributed by atoms with Crippen molar-refractivity contribution in [3.63, 3.8) is 0 Å². The van der Waals surface area contributed by atoms with Gasteiger partial charge in [0, 0.05) is 38.6 Å². The van der Waals surface area contributed by atoms with E-state index in [9.17, 15) is 12.8 Å². The summed E-state index contributed by atoms with van der Waals surface area (Å²) in [5.41, 5.74) is 0.841. The molecule has 2 heterocycles. The Hall–Kier alpha value is -1.32. The van der Waals surface area contributed by atoms with E-state index in [0.29, 0.717) is 41.8 Å². The molecular formula is C16H16Cl3FN4O2S. The van der Waals surface area contributed by atoms with Gasteiger partial charge in [-0.3, -0.25) is 9.71 Å². The normalized spacial score (nSPS) is 16.2. The molecule has 3 rings (SSSR count). The first-order valence-corrected chi connectivity index (χ1v) is 10.6. The fourth-order valence-corrected chi connectivity index (χ4v) is 4.87. The molecule has 6 nitrogen and oxygen atoms in total. The molecule has 1 saturated heterocycles. The predicted molar refractivity (Wildman–Crippen MR) is 107 cm³/mol. The van der Waals surface area contributed by atoms with Gasteiger partial charge in [-0.05, 0) is 24.6 Å². The van der Waals surface area contributed by atoms with Crippen LogP contribution in [0, 0.1) is 5.82 Å². The molecule has 0 spiro atoms. The molecule has 0 radical (unpaired) electrons. The Morgan fingerprint density at radius 3 is 2.37 bits per heavy atom. The minimum Gasteiger partial charge on any atom is -0.368 e. The number of halogens is 4. The van der Waals surface area contributed by atoms with Crippen LogP contribution in [0.3, 0.4) is 0 Å². The standard InChI is InChI=1S/C16H16Cl3FN4O2S/c17-12-8-11(2-3-15(12)20)22-27(25,26)24-5-1-4-23(6-7-24)16-13(18)9-21-10-14(16)19/h2-3,8-10,22H,1,4-7H2. The second-order valence-electron chi connectivity index (χ2n) is 5.93. The van der Waals surface area contributed by atoms with Gasteiger partial charge < -0.3 is 4.90 Å². The van der Waals surface area contributed by atoms with Crippen molar-refractivity contribution in [2.24, 2.45) is 0 Å². The van der Waals surface area contributed by atoms with Gasteiger partial charge in [0.15, 0.2) is 0 Å². The van der Waals surface area contributed by atoms with Crippen molar-refractivity contribution in [2.45, 2.75) is 6.42 Å². The van der Waals surface area contributed by atoms with Crippen molar-refractivity contribution in [3.05, 3.63) is 51.5 Å². The molecule has 1 fully saturated rings. The number of anilines is 2. The fraction of sp³-hybridized carbons (Fsp3) is 0.312. The minimum atomic E-state index is -3.82. The second-order valence-corrected chi connectivity index (χ2v) is 8.82. The van der Waals surface area contributed by atoms with E-state index in [1.165, 1.54) is 28.8 Å². The molecule has 1 aliphatic heterocycles. The molecule has 11 heteroatoms. The minimum absolute atomic E-state index is 0.154. The van der Waals surface area contributed by atoms with Crippen LogP contribution in [-0.2, 0) is 10.2 Å². The van der Waals surface area contributed by atoms with Crippen LogP contribution in [-0.4, -0.2) is 43.9 Å². The third kappa shape index (κ3) is 4.75. The molecule has 1 N–H and O–H groups in total. The number of benzene rings is 1. The van der Waals surface area contributed by atoms with E-state index in [1.807, 2.05) is 4.90 Å². The number of aromatic nitrogens is 1. The van der Waals surface area contributed by atoms with Gasteiger partial charge in [-0.25, -0.2) is 4.39 Å². The van der Waals surface area contributed by atoms with Crippen molar-refractivity contribution >= 4 is 56.4 Å². The molecular weight excluding hydrogens is 438 g/mol. The molecule has 146 valence electrons. The first-order chi connectivity index (χ1) is 12.8. The van der Waals surface area contributed by atoms with Gasteiger partial charge in [-0.1, -0.05) is 34.8 Å². The van der Waals surface area contributed by atoms with Crippen LogP contribution in [0.15, 0.2) is 30.6 Å². The number of nitrogens with zero attached hydrogens (tertiary/aromatic N) is 3. The zero-order chi connectivity index (χ0) is 19.6. The SMILES string of the molecule is O=S(=O)(Nc1ccc(F)c(Cl)c1)N1CCCN(c2c(Cl)cncc2Cl)CC1. The molecule has 0 unspecified atom stereocenters. The van der Waals surface area contributed by atoms with Gasteiger partial charge in [-0.15, -0.1) is 0 Å². The number of rotatable bonds is 4. The van der Waals surface area contributed by atoms with Crippen LogP contribution < -0.4 is 9.62 Å². The van der Waals surface area contributed by atoms with Gasteiger partial charge in [-0.2, -0.15) is 12.7 Å². The van der Waals surface area contributed by atoms with E-state index in [0.717, 1.165) is 6.07 Å². The van der Waals surface area contributed by atoms with Gasteiger partial charge in [0.25, 0.3) is 0 Å². The number of pyridine rings is 1. The summed E-state index contributed by atoms with van der Waals surface area (Å²) >= 11 is 18.1. The number of hydrogen-bond donors (Lipinski definition) is 1. The largest absolute Gasteiger partial charge is 0.368 e. The molecule has 0 atom stereocenters. The molecule has 2 aromatic rings. The summed E-state index contributed by atoms with van der Waals surface area (Å²) < 4.78 is 42.4. The van der Waals surface area contributed by atoms with E-state index >= 15 is 0 Å². The van der Waals surface area contributed by atoms with E-state index in [2.05, 4.69) is 9.71 Å². The van der Waals surface area contributed by atoms with Crippen molar-refractivity contribution in [3.8, 4) is 0 Å². The van der Waals surface area contributed by atoms with E-state index in [4.69, 9.17) is 34.8 Å². The van der Waals surface area contributed by atoms with Crippen LogP contribution in [0.4, 0.5) is 15.8 Å². The highest BCUT2D eigenvalue weighted by Gasteiger charge is 2.27. The van der Waals surface area contributed by atoms with Gasteiger partial charge in [0.1, 0.15) is 5.82 Å². The summed E-state index contributed by atoms with van der Waals surface area (Å²) in [7, 11) is -3.82. The lowest BCUT2D eigenvalue weighted by Crippen LogP contribution is -2.38. The average molecular weight is 454 g/mol. The molecule has 1 aromatic carbocycles. The lowest BCUT2D eigenvalue weighted by molar-refractivity contribution is 0.437. The quantitative estimate of drug-likeness (QED) is 0.758. The monoisotopic (exact) mass is 452 g/mol. The summed E-state index contributed by atoms with van der Waals surface area (Å²) in [4.78, 5) is 5.87. The molecule has 0 amide bonds. The lowest BCUT2D eigenvalue weighted by Gasteiger charge is -2.25. The van der Waals surface area contributed by atoms with E-state index in [-0.39, 0.29) is 17.3 Å². The predicted octanol–water partition coefficient (Wildman–Crippen LogP) is 4.05. The Morgan fingerprint density at radius 2 is 1.70 bits per heavy atom. The number of nitrogens with one attached hydrogen (secondary N) is 1. The van der Waals surface area contributed by atoms with Gasteiger partial charge >= 0.3 is 10.2 Å². The highest BCUT2D eigenvalue weighted by molar-refractivity contribution is 7.90. The smallest absolute Gasteiger partial charge is 0.301 e. The zero-order valence-corrected chi connectivity index (χ0v) is 17.1. The first-order valence-electron chi connectivity index (χ1n) is 8.05. The highest BCUT2D eigenvalue weighted by atomic mass is 35.5. The Balaban J connectivity index is 1.74. The molecule has 1 aromatic heterocycles. The summed E-state index contributed by atoms with van der Waals surface area (Å²) in [6, 6.07) is 3.66. The van der Waals surface area contributed by atoms with Crippen LogP contribution >= 0.6 is 34.8 Å². The topological polar surface area (TPSA) is 65.5 Å². The summed E-state index contributed by atoms with van der Waals surface area (Å²) in [6.07, 6.45) is 3.59. The zero-order valence-electron chi connectivity index (χ0n) is 14.0. The van der Waals surface area contributed by atoms with Crippen LogP contribution in [0.2, 0.25) is 15.1 Å². The van der Waals surface area contributed by atoms with E-state index < -0.39 is 16.0 Å². The van der Waals surface area contributed by atoms with E-state index in [1.54, 1.807) is 0 Å². The Morgan fingerprint density at radius 1 is 1.00 bits per heavy atom. The molecule has 0 aliphatic carbocycles. The fourth-order valence-electron chi connectivity index (χ4n) is 2.84. The van der Waals surface area contributed by atoms with Crippen LogP contribution in [0.25, 0.3) is 0 Å². The van der Waals surface area contributed by atoms with Crippen molar-refractivity contribution < 1.29 is 12.8 Å². The van der Waals surface area contributed by atoms with Gasteiger partial charge in [0.2, 0.25) is 0 Å². The van der Waals surface area contributed by atoms with Crippen LogP contribution in [0.1, 0.15) is 6.42 Å². The molecule has 1 aliphatic rings. The van der Waals surface area contributed by atoms with Crippen LogP contribution in [0.5, 0.6) is 0 Å². The third-order valence-corrected chi connectivity index (χ3v) is 6.49.